The number of halogens is 2. The Morgan fingerprint density at radius 3 is 2.70 bits per heavy atom. The van der Waals surface area contributed by atoms with Crippen LogP contribution in [0.1, 0.15) is 12.6 Å². The number of hydrogen-bond donors (Lipinski definition) is 2. The van der Waals surface area contributed by atoms with Gasteiger partial charge < -0.3 is 15.5 Å². The molecule has 2 heterocycles. The fourth-order valence-corrected chi connectivity index (χ4v) is 2.56. The summed E-state index contributed by atoms with van der Waals surface area (Å²) in [6, 6.07) is 8.49. The number of nitrogens with zero attached hydrogens (tertiary/aromatic N) is 3. The Morgan fingerprint density at radius 2 is 2.00 bits per heavy atom. The average Bonchev–Trinajstić information content (AvgIpc) is 2.49. The van der Waals surface area contributed by atoms with Crippen molar-refractivity contribution in [1.29, 1.82) is 0 Å². The maximum atomic E-state index is 13.0. The zero-order valence-corrected chi connectivity index (χ0v) is 14.0. The molecule has 2 N–H and O–H groups in total. The molecule has 1 aromatic heterocycles. The van der Waals surface area contributed by atoms with Gasteiger partial charge in [-0.25, -0.2) is 9.37 Å². The minimum atomic E-state index is -0.250. The van der Waals surface area contributed by atoms with Crippen LogP contribution in [0.2, 0.25) is 0 Å². The molecule has 0 radical (unpaired) electrons. The van der Waals surface area contributed by atoms with Gasteiger partial charge in [0, 0.05) is 43.1 Å². The van der Waals surface area contributed by atoms with Crippen molar-refractivity contribution in [2.24, 2.45) is 0 Å². The van der Waals surface area contributed by atoms with E-state index in [9.17, 15) is 4.39 Å². The number of benzene rings is 1. The van der Waals surface area contributed by atoms with Crippen molar-refractivity contribution in [3.63, 3.8) is 0 Å². The van der Waals surface area contributed by atoms with Crippen molar-refractivity contribution >= 4 is 29.9 Å². The molecule has 23 heavy (non-hydrogen) atoms. The number of rotatable bonds is 3. The lowest BCUT2D eigenvalue weighted by Crippen LogP contribution is -2.50. The van der Waals surface area contributed by atoms with E-state index in [0.717, 1.165) is 42.8 Å². The van der Waals surface area contributed by atoms with E-state index in [1.165, 1.54) is 12.1 Å². The first-order chi connectivity index (χ1) is 10.6. The minimum Gasteiger partial charge on any atom is -0.340 e. The second kappa shape index (κ2) is 7.57. The van der Waals surface area contributed by atoms with Crippen molar-refractivity contribution in [3.8, 4) is 0 Å². The Morgan fingerprint density at radius 1 is 1.26 bits per heavy atom. The predicted octanol–water partition coefficient (Wildman–Crippen LogP) is 2.89. The van der Waals surface area contributed by atoms with Gasteiger partial charge in [0.2, 0.25) is 5.95 Å². The monoisotopic (exact) mass is 337 g/mol. The SMILES string of the molecule is Cc1cc(Nc2ccc(F)cc2)nc(N2CCNCC2C)n1.Cl. The van der Waals surface area contributed by atoms with Gasteiger partial charge in [-0.2, -0.15) is 4.98 Å². The third kappa shape index (κ3) is 4.30. The highest BCUT2D eigenvalue weighted by Gasteiger charge is 2.21. The topological polar surface area (TPSA) is 53.1 Å². The smallest absolute Gasteiger partial charge is 0.227 e. The van der Waals surface area contributed by atoms with Gasteiger partial charge in [-0.15, -0.1) is 12.4 Å². The second-order valence-corrected chi connectivity index (χ2v) is 5.57. The van der Waals surface area contributed by atoms with Crippen LogP contribution in [0.4, 0.5) is 21.8 Å². The Hall–Kier alpha value is -1.92. The van der Waals surface area contributed by atoms with E-state index in [-0.39, 0.29) is 18.2 Å². The summed E-state index contributed by atoms with van der Waals surface area (Å²) in [5.41, 5.74) is 1.71. The van der Waals surface area contributed by atoms with Crippen molar-refractivity contribution in [3.05, 3.63) is 41.8 Å². The van der Waals surface area contributed by atoms with Crippen LogP contribution < -0.4 is 15.5 Å². The van der Waals surface area contributed by atoms with Crippen LogP contribution >= 0.6 is 12.4 Å². The van der Waals surface area contributed by atoms with Crippen LogP contribution in [0.5, 0.6) is 0 Å². The molecule has 0 spiro atoms. The molecule has 1 unspecified atom stereocenters. The van der Waals surface area contributed by atoms with Gasteiger partial charge in [-0.1, -0.05) is 0 Å². The zero-order valence-electron chi connectivity index (χ0n) is 13.2. The van der Waals surface area contributed by atoms with E-state index in [2.05, 4.69) is 32.4 Å². The largest absolute Gasteiger partial charge is 0.340 e. The van der Waals surface area contributed by atoms with Crippen molar-refractivity contribution in [2.45, 2.75) is 19.9 Å². The van der Waals surface area contributed by atoms with Crippen LogP contribution in [-0.4, -0.2) is 35.6 Å². The van der Waals surface area contributed by atoms with E-state index in [1.807, 2.05) is 13.0 Å². The van der Waals surface area contributed by atoms with E-state index in [4.69, 9.17) is 0 Å². The lowest BCUT2D eigenvalue weighted by molar-refractivity contribution is 0.493. The molecular formula is C16H21ClFN5. The van der Waals surface area contributed by atoms with Gasteiger partial charge in [0.25, 0.3) is 0 Å². The first kappa shape index (κ1) is 17.4. The van der Waals surface area contributed by atoms with E-state index < -0.39 is 0 Å². The molecule has 1 saturated heterocycles. The standard InChI is InChI=1S/C16H20FN5.ClH/c1-11-9-15(20-14-5-3-13(17)4-6-14)21-16(19-11)22-8-7-18-10-12(22)2;/h3-6,9,12,18H,7-8,10H2,1-2H3,(H,19,20,21);1H. The highest BCUT2D eigenvalue weighted by Crippen LogP contribution is 2.20. The van der Waals surface area contributed by atoms with Gasteiger partial charge in [0.15, 0.2) is 0 Å². The molecule has 0 saturated carbocycles. The number of aryl methyl sites for hydroxylation is 1. The van der Waals surface area contributed by atoms with E-state index in [1.54, 1.807) is 12.1 Å². The minimum absolute atomic E-state index is 0. The first-order valence-electron chi connectivity index (χ1n) is 7.47. The molecule has 1 aliphatic rings. The summed E-state index contributed by atoms with van der Waals surface area (Å²) >= 11 is 0. The Balaban J connectivity index is 0.00000192. The third-order valence-electron chi connectivity index (χ3n) is 3.72. The lowest BCUT2D eigenvalue weighted by atomic mass is 10.2. The summed E-state index contributed by atoms with van der Waals surface area (Å²) in [6.07, 6.45) is 0. The normalized spacial score (nSPS) is 17.5. The molecule has 7 heteroatoms. The Labute approximate surface area is 141 Å². The fraction of sp³-hybridized carbons (Fsp3) is 0.375. The maximum absolute atomic E-state index is 13.0. The molecule has 5 nitrogen and oxygen atoms in total. The average molecular weight is 338 g/mol. The first-order valence-corrected chi connectivity index (χ1v) is 7.47. The van der Waals surface area contributed by atoms with Gasteiger partial charge in [-0.3, -0.25) is 0 Å². The van der Waals surface area contributed by atoms with E-state index in [0.29, 0.717) is 6.04 Å². The second-order valence-electron chi connectivity index (χ2n) is 5.57. The zero-order chi connectivity index (χ0) is 15.5. The summed E-state index contributed by atoms with van der Waals surface area (Å²) < 4.78 is 13.0. The molecule has 2 aromatic rings. The van der Waals surface area contributed by atoms with E-state index >= 15 is 0 Å². The van der Waals surface area contributed by atoms with Crippen LogP contribution in [0.25, 0.3) is 0 Å². The Kier molecular flexibility index (Phi) is 5.74. The summed E-state index contributed by atoms with van der Waals surface area (Å²) in [5.74, 6) is 1.21. The van der Waals surface area contributed by atoms with Crippen molar-refractivity contribution in [2.75, 3.05) is 29.9 Å². The quantitative estimate of drug-likeness (QED) is 0.902. The van der Waals surface area contributed by atoms with Gasteiger partial charge in [0.1, 0.15) is 11.6 Å². The van der Waals surface area contributed by atoms with Crippen molar-refractivity contribution in [1.82, 2.24) is 15.3 Å². The molecule has 0 aliphatic carbocycles. The number of hydrogen-bond acceptors (Lipinski definition) is 5. The van der Waals surface area contributed by atoms with Gasteiger partial charge >= 0.3 is 0 Å². The van der Waals surface area contributed by atoms with Gasteiger partial charge in [0.05, 0.1) is 0 Å². The molecule has 1 fully saturated rings. The molecule has 1 aliphatic heterocycles. The fourth-order valence-electron chi connectivity index (χ4n) is 2.56. The molecule has 1 atom stereocenters. The third-order valence-corrected chi connectivity index (χ3v) is 3.72. The Bertz CT molecular complexity index is 649. The summed E-state index contributed by atoms with van der Waals surface area (Å²) in [4.78, 5) is 11.4. The number of piperazine rings is 1. The lowest BCUT2D eigenvalue weighted by Gasteiger charge is -2.34. The molecule has 124 valence electrons. The highest BCUT2D eigenvalue weighted by atomic mass is 35.5. The van der Waals surface area contributed by atoms with Gasteiger partial charge in [-0.05, 0) is 38.1 Å². The van der Waals surface area contributed by atoms with Crippen LogP contribution in [0, 0.1) is 12.7 Å². The molecule has 3 rings (SSSR count). The summed E-state index contributed by atoms with van der Waals surface area (Å²) in [7, 11) is 0. The predicted molar refractivity (Wildman–Crippen MR) is 93.4 cm³/mol. The molecule has 0 amide bonds. The molecular weight excluding hydrogens is 317 g/mol. The summed E-state index contributed by atoms with van der Waals surface area (Å²) in [6.45, 7) is 6.86. The van der Waals surface area contributed by atoms with Crippen LogP contribution in [-0.2, 0) is 0 Å². The number of aromatic nitrogens is 2. The molecule has 0 bridgehead atoms. The van der Waals surface area contributed by atoms with Crippen LogP contribution in [0.15, 0.2) is 30.3 Å². The molecule has 1 aromatic carbocycles. The van der Waals surface area contributed by atoms with Crippen LogP contribution in [0.3, 0.4) is 0 Å². The highest BCUT2D eigenvalue weighted by molar-refractivity contribution is 5.85. The van der Waals surface area contributed by atoms with Crippen molar-refractivity contribution < 1.29 is 4.39 Å². The maximum Gasteiger partial charge on any atom is 0.227 e. The number of anilines is 3. The number of nitrogens with one attached hydrogen (secondary N) is 2. The summed E-state index contributed by atoms with van der Waals surface area (Å²) in [5, 5.41) is 6.57.